The van der Waals surface area contributed by atoms with Gasteiger partial charge in [0.25, 0.3) is 11.8 Å². The van der Waals surface area contributed by atoms with E-state index in [1.165, 1.54) is 29.5 Å². The number of benzene rings is 3. The molecule has 64 heavy (non-hydrogen) atoms. The van der Waals surface area contributed by atoms with Crippen molar-refractivity contribution in [1.29, 1.82) is 0 Å². The van der Waals surface area contributed by atoms with E-state index < -0.39 is 94.7 Å². The van der Waals surface area contributed by atoms with Gasteiger partial charge in [0.15, 0.2) is 16.5 Å². The number of imidazole rings is 1. The van der Waals surface area contributed by atoms with Crippen molar-refractivity contribution in [3.05, 3.63) is 130 Å². The lowest BCUT2D eigenvalue weighted by atomic mass is 9.81. The molecule has 0 radical (unpaired) electrons. The number of nitrogens with zero attached hydrogens (tertiary/aromatic N) is 7. The highest BCUT2D eigenvalue weighted by molar-refractivity contribution is 7.22. The van der Waals surface area contributed by atoms with Gasteiger partial charge < -0.3 is 25.8 Å². The van der Waals surface area contributed by atoms with Crippen LogP contribution in [-0.4, -0.2) is 67.7 Å². The van der Waals surface area contributed by atoms with E-state index in [2.05, 4.69) is 20.3 Å². The average Bonchev–Trinajstić information content (AvgIpc) is 3.97. The zero-order valence-electron chi connectivity index (χ0n) is 32.9. The molecule has 1 saturated heterocycles. The Balaban J connectivity index is 1.03. The van der Waals surface area contributed by atoms with Gasteiger partial charge in [0.2, 0.25) is 11.9 Å². The van der Waals surface area contributed by atoms with Gasteiger partial charge in [0.05, 0.1) is 39.0 Å². The van der Waals surface area contributed by atoms with E-state index in [0.717, 1.165) is 41.3 Å². The van der Waals surface area contributed by atoms with Crippen molar-refractivity contribution in [2.24, 2.45) is 11.7 Å². The van der Waals surface area contributed by atoms with Crippen LogP contribution in [0.4, 0.5) is 46.2 Å². The van der Waals surface area contributed by atoms with Gasteiger partial charge in [-0.15, -0.1) is 0 Å². The van der Waals surface area contributed by atoms with Gasteiger partial charge in [-0.25, -0.2) is 23.1 Å². The third-order valence-electron chi connectivity index (χ3n) is 11.7. The Bertz CT molecular complexity index is 3010. The summed E-state index contributed by atoms with van der Waals surface area (Å²) in [6.07, 6.45) is -3.18. The third kappa shape index (κ3) is 7.16. The van der Waals surface area contributed by atoms with E-state index in [1.54, 1.807) is 6.07 Å². The Hall–Kier alpha value is -6.90. The van der Waals surface area contributed by atoms with Crippen molar-refractivity contribution in [2.45, 2.75) is 37.0 Å². The SMILES string of the molecule is NC(=O)c1cc(-c2cc3sc(N4CCN(c5nc6ccccc6[nH]5)CC4)nc3nc2[C@H](Cc2cc(F)cc(F)c2)NC(=O)Cn2nc(C(F)(F)F)c3c2C(F)(F)[C@@H]2C=C[C@H]32)ccc1F. The summed E-state index contributed by atoms with van der Waals surface area (Å²) < 4.78 is 119. The lowest BCUT2D eigenvalue weighted by Gasteiger charge is -2.34. The Morgan fingerprint density at radius 2 is 1.66 bits per heavy atom. The molecule has 0 saturated carbocycles. The van der Waals surface area contributed by atoms with E-state index >= 15 is 8.78 Å². The Morgan fingerprint density at radius 3 is 2.34 bits per heavy atom. The van der Waals surface area contributed by atoms with Crippen LogP contribution in [0.5, 0.6) is 0 Å². The number of anilines is 2. The number of pyridine rings is 1. The fourth-order valence-electron chi connectivity index (χ4n) is 8.72. The van der Waals surface area contributed by atoms with Crippen LogP contribution in [0, 0.1) is 23.4 Å². The molecule has 0 spiro atoms. The van der Waals surface area contributed by atoms with Gasteiger partial charge in [-0.1, -0.05) is 41.7 Å². The number of piperazine rings is 1. The van der Waals surface area contributed by atoms with E-state index in [0.29, 0.717) is 46.8 Å². The molecule has 4 aromatic heterocycles. The van der Waals surface area contributed by atoms with Crippen LogP contribution in [0.2, 0.25) is 0 Å². The number of rotatable bonds is 10. The largest absolute Gasteiger partial charge is 0.435 e. The van der Waals surface area contributed by atoms with Crippen LogP contribution in [0.1, 0.15) is 50.5 Å². The number of hydrogen-bond donors (Lipinski definition) is 3. The first-order chi connectivity index (χ1) is 30.5. The molecular weight excluding hydrogens is 873 g/mol. The molecule has 3 aromatic carbocycles. The average molecular weight is 905 g/mol. The van der Waals surface area contributed by atoms with E-state index in [-0.39, 0.29) is 28.0 Å². The van der Waals surface area contributed by atoms with Crippen LogP contribution in [-0.2, 0) is 29.9 Å². The fraction of sp³-hybridized carbons (Fsp3) is 0.256. The van der Waals surface area contributed by atoms with Crippen molar-refractivity contribution in [3.63, 3.8) is 0 Å². The highest BCUT2D eigenvalue weighted by atomic mass is 32.1. The molecule has 7 aromatic rings. The number of carbonyl (C=O) groups excluding carboxylic acids is 2. The second kappa shape index (κ2) is 15.1. The number of allylic oxidation sites excluding steroid dienone is 2. The van der Waals surface area contributed by atoms with Gasteiger partial charge in [-0.3, -0.25) is 14.3 Å². The summed E-state index contributed by atoms with van der Waals surface area (Å²) in [5, 5.41) is 6.67. The minimum Gasteiger partial charge on any atom is -0.366 e. The number of fused-ring (bicyclic) bond motifs is 5. The predicted octanol–water partition coefficient (Wildman–Crippen LogP) is 7.77. The Labute approximate surface area is 360 Å². The lowest BCUT2D eigenvalue weighted by Crippen LogP contribution is -2.46. The lowest BCUT2D eigenvalue weighted by molar-refractivity contribution is -0.142. The summed E-state index contributed by atoms with van der Waals surface area (Å²) in [7, 11) is 0. The Morgan fingerprint density at radius 1 is 0.922 bits per heavy atom. The van der Waals surface area contributed by atoms with Gasteiger partial charge in [0, 0.05) is 49.3 Å². The fourth-order valence-corrected chi connectivity index (χ4v) is 9.72. The number of hydrogen-bond acceptors (Lipinski definition) is 9. The number of H-pyrrole nitrogens is 1. The second-order valence-corrected chi connectivity index (χ2v) is 16.8. The number of nitrogens with one attached hydrogen (secondary N) is 2. The van der Waals surface area contributed by atoms with Crippen molar-refractivity contribution in [2.75, 3.05) is 36.0 Å². The third-order valence-corrected chi connectivity index (χ3v) is 12.8. The number of carbonyl (C=O) groups is 2. The molecule has 2 aliphatic carbocycles. The van der Waals surface area contributed by atoms with Gasteiger partial charge >= 0.3 is 6.18 Å². The molecule has 0 unspecified atom stereocenters. The summed E-state index contributed by atoms with van der Waals surface area (Å²) >= 11 is 1.27. The number of alkyl halides is 5. The number of amides is 2. The van der Waals surface area contributed by atoms with E-state index in [4.69, 9.17) is 20.7 Å². The molecule has 1 aliphatic heterocycles. The molecular formula is C43H32F8N10O2S. The molecule has 21 heteroatoms. The zero-order chi connectivity index (χ0) is 44.8. The maximum absolute atomic E-state index is 15.6. The van der Waals surface area contributed by atoms with Crippen LogP contribution in [0.25, 0.3) is 32.5 Å². The molecule has 4 N–H and O–H groups in total. The van der Waals surface area contributed by atoms with Crippen LogP contribution in [0.3, 0.4) is 0 Å². The standard InChI is InChI=1S/C43H32F8N10O2S/c44-22-13-20(14-23(45)17-22)15-31(53-33(62)19-61-37-34(36(58-61)43(49,50)51)24-6-7-27(24)42(37,47)48)35-25(21-5-8-28(46)26(16-21)38(52)63)18-32-39(56-35)57-41(64-32)60-11-9-59(10-12-60)40-54-29-3-1-2-4-30(29)55-40/h1-8,13-14,16-18,24,27,31H,9-12,15,19H2,(H2,52,63)(H,53,62)(H,54,55)/t24-,27+,31-/m0/s1. The van der Waals surface area contributed by atoms with Crippen molar-refractivity contribution in [3.8, 4) is 11.1 Å². The topological polar surface area (TPSA) is 151 Å². The first kappa shape index (κ1) is 41.1. The van der Waals surface area contributed by atoms with Crippen LogP contribution in [0.15, 0.2) is 78.9 Å². The number of thiazole rings is 1. The summed E-state index contributed by atoms with van der Waals surface area (Å²) in [5.41, 5.74) is 3.97. The Kier molecular flexibility index (Phi) is 9.72. The monoisotopic (exact) mass is 904 g/mol. The first-order valence-corrected chi connectivity index (χ1v) is 20.7. The molecule has 328 valence electrons. The second-order valence-electron chi connectivity index (χ2n) is 15.8. The molecule has 2 amide bonds. The number of halogens is 8. The number of aromatic amines is 1. The number of aromatic nitrogens is 6. The van der Waals surface area contributed by atoms with Crippen molar-refractivity contribution < 1.29 is 44.7 Å². The smallest absolute Gasteiger partial charge is 0.366 e. The number of primary amides is 1. The molecule has 12 nitrogen and oxygen atoms in total. The minimum absolute atomic E-state index is 0.00221. The zero-order valence-corrected chi connectivity index (χ0v) is 33.8. The van der Waals surface area contributed by atoms with Gasteiger partial charge in [-0.05, 0) is 60.0 Å². The predicted molar refractivity (Wildman–Crippen MR) is 219 cm³/mol. The molecule has 3 aliphatic rings. The molecule has 3 atom stereocenters. The molecule has 5 heterocycles. The maximum Gasteiger partial charge on any atom is 0.435 e. The number of para-hydroxylation sites is 2. The van der Waals surface area contributed by atoms with E-state index in [9.17, 15) is 35.9 Å². The molecule has 1 fully saturated rings. The summed E-state index contributed by atoms with van der Waals surface area (Å²) in [4.78, 5) is 48.2. The van der Waals surface area contributed by atoms with Crippen molar-refractivity contribution in [1.82, 2.24) is 35.0 Å². The minimum atomic E-state index is -5.12. The highest BCUT2D eigenvalue weighted by Gasteiger charge is 2.61. The summed E-state index contributed by atoms with van der Waals surface area (Å²) in [6.45, 7) is 1.12. The molecule has 0 bridgehead atoms. The van der Waals surface area contributed by atoms with E-state index in [1.807, 2.05) is 29.2 Å². The summed E-state index contributed by atoms with van der Waals surface area (Å²) in [6, 6.07) is 14.0. The van der Waals surface area contributed by atoms with Crippen molar-refractivity contribution >= 4 is 55.6 Å². The first-order valence-electron chi connectivity index (χ1n) is 19.9. The van der Waals surface area contributed by atoms with Gasteiger partial charge in [0.1, 0.15) is 29.7 Å². The summed E-state index contributed by atoms with van der Waals surface area (Å²) in [5.74, 6) is -10.9. The van der Waals surface area contributed by atoms with Gasteiger partial charge in [-0.2, -0.15) is 32.0 Å². The van der Waals surface area contributed by atoms with Crippen LogP contribution < -0.4 is 20.9 Å². The maximum atomic E-state index is 15.6. The highest BCUT2D eigenvalue weighted by Crippen LogP contribution is 2.60. The van der Waals surface area contributed by atoms with Crippen LogP contribution >= 0.6 is 11.3 Å². The number of nitrogens with two attached hydrogens (primary N) is 1. The quantitative estimate of drug-likeness (QED) is 0.0932. The normalized spacial score (nSPS) is 18.3. The molecule has 10 rings (SSSR count).